The Bertz CT molecular complexity index is 1010. The van der Waals surface area contributed by atoms with Crippen molar-refractivity contribution in [1.29, 1.82) is 0 Å². The molecule has 2 N–H and O–H groups in total. The van der Waals surface area contributed by atoms with Crippen molar-refractivity contribution in [2.24, 2.45) is 0 Å². The average molecular weight is 476 g/mol. The second-order valence-corrected chi connectivity index (χ2v) is 9.40. The van der Waals surface area contributed by atoms with Crippen molar-refractivity contribution in [3.8, 4) is 11.3 Å². The molecule has 8 heteroatoms. The topological polar surface area (TPSA) is 71.1 Å². The minimum atomic E-state index is -0.218. The molecule has 0 aliphatic carbocycles. The van der Waals surface area contributed by atoms with Crippen molar-refractivity contribution >= 4 is 61.6 Å². The molecule has 2 amide bonds. The van der Waals surface area contributed by atoms with Gasteiger partial charge < -0.3 is 5.32 Å². The zero-order chi connectivity index (χ0) is 20.1. The van der Waals surface area contributed by atoms with Gasteiger partial charge in [-0.1, -0.05) is 24.3 Å². The third-order valence-corrected chi connectivity index (χ3v) is 6.20. The van der Waals surface area contributed by atoms with Crippen LogP contribution < -0.4 is 10.6 Å². The Kier molecular flexibility index (Phi) is 6.77. The fourth-order valence-electron chi connectivity index (χ4n) is 2.52. The van der Waals surface area contributed by atoms with Gasteiger partial charge in [-0.3, -0.25) is 14.9 Å². The minimum Gasteiger partial charge on any atom is -0.350 e. The van der Waals surface area contributed by atoms with Gasteiger partial charge in [-0.2, -0.15) is 0 Å². The predicted octanol–water partition coefficient (Wildman–Crippen LogP) is 5.48. The van der Waals surface area contributed by atoms with Crippen LogP contribution in [0.25, 0.3) is 17.3 Å². The first-order valence-corrected chi connectivity index (χ1v) is 11.0. The number of thiazole rings is 1. The zero-order valence-corrected chi connectivity index (χ0v) is 18.5. The molecule has 0 aliphatic rings. The van der Waals surface area contributed by atoms with Gasteiger partial charge in [0.05, 0.1) is 15.5 Å². The smallest absolute Gasteiger partial charge is 0.250 e. The van der Waals surface area contributed by atoms with Gasteiger partial charge in [0.1, 0.15) is 0 Å². The van der Waals surface area contributed by atoms with Crippen LogP contribution in [0.2, 0.25) is 0 Å². The summed E-state index contributed by atoms with van der Waals surface area (Å²) in [6, 6.07) is 11.7. The lowest BCUT2D eigenvalue weighted by atomic mass is 10.1. The van der Waals surface area contributed by atoms with Crippen molar-refractivity contribution < 1.29 is 9.59 Å². The van der Waals surface area contributed by atoms with Crippen LogP contribution in [0, 0.1) is 0 Å². The predicted molar refractivity (Wildman–Crippen MR) is 119 cm³/mol. The highest BCUT2D eigenvalue weighted by atomic mass is 79.9. The van der Waals surface area contributed by atoms with Crippen LogP contribution >= 0.6 is 38.6 Å². The molecule has 0 spiro atoms. The molecule has 144 valence electrons. The van der Waals surface area contributed by atoms with Gasteiger partial charge in [0.2, 0.25) is 11.8 Å². The van der Waals surface area contributed by atoms with Crippen LogP contribution in [-0.2, 0) is 9.59 Å². The van der Waals surface area contributed by atoms with E-state index in [9.17, 15) is 9.59 Å². The van der Waals surface area contributed by atoms with E-state index in [0.29, 0.717) is 5.13 Å². The molecule has 5 nitrogen and oxygen atoms in total. The Morgan fingerprint density at radius 2 is 1.93 bits per heavy atom. The lowest BCUT2D eigenvalue weighted by Gasteiger charge is -2.12. The number of aromatic nitrogens is 1. The van der Waals surface area contributed by atoms with Crippen LogP contribution in [-0.4, -0.2) is 16.8 Å². The average Bonchev–Trinajstić information content (AvgIpc) is 3.28. The van der Waals surface area contributed by atoms with Crippen molar-refractivity contribution in [3.63, 3.8) is 0 Å². The van der Waals surface area contributed by atoms with E-state index in [1.165, 1.54) is 24.3 Å². The van der Waals surface area contributed by atoms with Crippen molar-refractivity contribution in [1.82, 2.24) is 10.3 Å². The molecule has 2 heterocycles. The molecule has 0 fully saturated rings. The fourth-order valence-corrected chi connectivity index (χ4v) is 4.57. The summed E-state index contributed by atoms with van der Waals surface area (Å²) in [5, 5.41) is 8.10. The third kappa shape index (κ3) is 5.60. The Balaban J connectivity index is 1.62. The number of hydrogen-bond donors (Lipinski definition) is 2. The van der Waals surface area contributed by atoms with E-state index in [2.05, 4.69) is 31.5 Å². The number of hydrogen-bond acceptors (Lipinski definition) is 5. The molecular formula is C20H18BrN3O2S2. The minimum absolute atomic E-state index is 0.0485. The van der Waals surface area contributed by atoms with Gasteiger partial charge in [-0.25, -0.2) is 4.98 Å². The van der Waals surface area contributed by atoms with Crippen LogP contribution in [0.1, 0.15) is 30.3 Å². The third-order valence-electron chi connectivity index (χ3n) is 3.85. The van der Waals surface area contributed by atoms with Crippen molar-refractivity contribution in [3.05, 3.63) is 62.1 Å². The van der Waals surface area contributed by atoms with Crippen molar-refractivity contribution in [2.75, 3.05) is 5.32 Å². The van der Waals surface area contributed by atoms with Gasteiger partial charge in [0.25, 0.3) is 0 Å². The summed E-state index contributed by atoms with van der Waals surface area (Å²) in [5.74, 6) is -0.276. The monoisotopic (exact) mass is 475 g/mol. The van der Waals surface area contributed by atoms with E-state index < -0.39 is 0 Å². The van der Waals surface area contributed by atoms with Gasteiger partial charge in [0.15, 0.2) is 5.13 Å². The summed E-state index contributed by atoms with van der Waals surface area (Å²) in [6.45, 7) is 3.44. The molecule has 28 heavy (non-hydrogen) atoms. The summed E-state index contributed by atoms with van der Waals surface area (Å²) < 4.78 is 1.02. The van der Waals surface area contributed by atoms with E-state index in [0.717, 1.165) is 25.5 Å². The summed E-state index contributed by atoms with van der Waals surface area (Å²) in [7, 11) is 0. The highest BCUT2D eigenvalue weighted by molar-refractivity contribution is 9.11. The van der Waals surface area contributed by atoms with Gasteiger partial charge in [-0.05, 0) is 46.6 Å². The molecule has 3 rings (SSSR count). The number of carbonyl (C=O) groups is 2. The molecule has 0 radical (unpaired) electrons. The van der Waals surface area contributed by atoms with Gasteiger partial charge in [0, 0.05) is 28.8 Å². The Labute approximate surface area is 179 Å². The number of halogens is 1. The lowest BCUT2D eigenvalue weighted by Crippen LogP contribution is -2.23. The molecule has 0 aliphatic heterocycles. The Hall–Kier alpha value is -2.29. The van der Waals surface area contributed by atoms with E-state index in [1.54, 1.807) is 17.4 Å². The highest BCUT2D eigenvalue weighted by Crippen LogP contribution is 2.26. The lowest BCUT2D eigenvalue weighted by molar-refractivity contribution is -0.119. The summed E-state index contributed by atoms with van der Waals surface area (Å²) in [6.07, 6.45) is 3.27. The van der Waals surface area contributed by atoms with E-state index in [4.69, 9.17) is 0 Å². The first kappa shape index (κ1) is 20.4. The second kappa shape index (κ2) is 9.27. The molecule has 1 unspecified atom stereocenters. The number of carbonyl (C=O) groups excluding carboxylic acids is 2. The van der Waals surface area contributed by atoms with Crippen LogP contribution in [0.3, 0.4) is 0 Å². The SMILES string of the molecule is CC(=O)NC(C)c1ccc(-c2csc(NC(=O)/C=C/c3ccc(Br)s3)n2)cc1. The van der Waals surface area contributed by atoms with Crippen molar-refractivity contribution in [2.45, 2.75) is 19.9 Å². The quantitative estimate of drug-likeness (QED) is 0.463. The molecular weight excluding hydrogens is 458 g/mol. The fraction of sp³-hybridized carbons (Fsp3) is 0.150. The number of thiophene rings is 1. The zero-order valence-electron chi connectivity index (χ0n) is 15.2. The van der Waals surface area contributed by atoms with E-state index in [-0.39, 0.29) is 17.9 Å². The standard InChI is InChI=1S/C20H18BrN3O2S2/c1-12(22-13(2)25)14-3-5-15(6-4-14)17-11-27-20(23-17)24-19(26)10-8-16-7-9-18(21)28-16/h3-12H,1-2H3,(H,22,25)(H,23,24,26)/b10-8+. The Morgan fingerprint density at radius 3 is 2.57 bits per heavy atom. The maximum absolute atomic E-state index is 12.1. The van der Waals surface area contributed by atoms with Crippen LogP contribution in [0.15, 0.2) is 51.6 Å². The van der Waals surface area contributed by atoms with Crippen LogP contribution in [0.4, 0.5) is 5.13 Å². The number of rotatable bonds is 6. The summed E-state index contributed by atoms with van der Waals surface area (Å²) >= 11 is 6.33. The first-order valence-electron chi connectivity index (χ1n) is 8.48. The molecule has 0 bridgehead atoms. The number of amides is 2. The highest BCUT2D eigenvalue weighted by Gasteiger charge is 2.09. The normalized spacial score (nSPS) is 12.1. The van der Waals surface area contributed by atoms with Gasteiger partial charge >= 0.3 is 0 Å². The number of nitrogens with one attached hydrogen (secondary N) is 2. The first-order chi connectivity index (χ1) is 13.4. The number of nitrogens with zero attached hydrogens (tertiary/aromatic N) is 1. The maximum atomic E-state index is 12.1. The molecule has 1 atom stereocenters. The maximum Gasteiger partial charge on any atom is 0.250 e. The molecule has 0 saturated carbocycles. The summed E-state index contributed by atoms with van der Waals surface area (Å²) in [4.78, 5) is 28.7. The number of benzene rings is 1. The molecule has 2 aromatic heterocycles. The van der Waals surface area contributed by atoms with E-state index in [1.807, 2.05) is 48.7 Å². The number of anilines is 1. The molecule has 1 aromatic carbocycles. The Morgan fingerprint density at radius 1 is 1.18 bits per heavy atom. The largest absolute Gasteiger partial charge is 0.350 e. The molecule has 0 saturated heterocycles. The van der Waals surface area contributed by atoms with Crippen LogP contribution in [0.5, 0.6) is 0 Å². The second-order valence-electron chi connectivity index (χ2n) is 6.05. The van der Waals surface area contributed by atoms with Gasteiger partial charge in [-0.15, -0.1) is 22.7 Å². The molecule has 3 aromatic rings. The van der Waals surface area contributed by atoms with E-state index >= 15 is 0 Å². The summed E-state index contributed by atoms with van der Waals surface area (Å²) in [5.41, 5.74) is 2.77.